The summed E-state index contributed by atoms with van der Waals surface area (Å²) in [5.74, 6) is -1.57. The Bertz CT molecular complexity index is 935. The second-order valence-corrected chi connectivity index (χ2v) is 6.61. The molecule has 0 saturated carbocycles. The summed E-state index contributed by atoms with van der Waals surface area (Å²) in [5.41, 5.74) is 8.19. The van der Waals surface area contributed by atoms with Crippen molar-refractivity contribution in [3.63, 3.8) is 0 Å². The SMILES string of the molecule is N=C1C(c2ccc(F)cc2F)COC2=CC=CC(c3cccc(N)c3)C12. The number of anilines is 1. The third-order valence-electron chi connectivity index (χ3n) is 5.01. The van der Waals surface area contributed by atoms with E-state index in [1.807, 2.05) is 42.5 Å². The molecule has 0 aromatic heterocycles. The van der Waals surface area contributed by atoms with Crippen LogP contribution in [0.2, 0.25) is 0 Å². The summed E-state index contributed by atoms with van der Waals surface area (Å²) in [7, 11) is 0. The lowest BCUT2D eigenvalue weighted by Crippen LogP contribution is -2.37. The van der Waals surface area contributed by atoms with Crippen molar-refractivity contribution in [2.24, 2.45) is 5.92 Å². The fourth-order valence-electron chi connectivity index (χ4n) is 3.74. The lowest BCUT2D eigenvalue weighted by Gasteiger charge is -2.38. The van der Waals surface area contributed by atoms with Gasteiger partial charge >= 0.3 is 0 Å². The van der Waals surface area contributed by atoms with Crippen LogP contribution in [0.1, 0.15) is 23.0 Å². The van der Waals surface area contributed by atoms with Crippen LogP contribution in [0.15, 0.2) is 66.5 Å². The number of allylic oxidation sites excluding steroid dienone is 4. The first kappa shape index (κ1) is 16.5. The first-order valence-electron chi connectivity index (χ1n) is 8.44. The highest BCUT2D eigenvalue weighted by Gasteiger charge is 2.40. The van der Waals surface area contributed by atoms with Crippen molar-refractivity contribution in [1.29, 1.82) is 5.41 Å². The molecule has 0 bridgehead atoms. The van der Waals surface area contributed by atoms with Crippen molar-refractivity contribution in [3.8, 4) is 0 Å². The number of nitrogens with one attached hydrogen (secondary N) is 1. The van der Waals surface area contributed by atoms with E-state index in [1.54, 1.807) is 0 Å². The van der Waals surface area contributed by atoms with Crippen LogP contribution in [0.5, 0.6) is 0 Å². The zero-order valence-electron chi connectivity index (χ0n) is 14.0. The fourth-order valence-corrected chi connectivity index (χ4v) is 3.74. The van der Waals surface area contributed by atoms with E-state index in [0.29, 0.717) is 17.2 Å². The minimum atomic E-state index is -0.650. The van der Waals surface area contributed by atoms with Crippen LogP contribution >= 0.6 is 0 Å². The molecule has 132 valence electrons. The Morgan fingerprint density at radius 3 is 2.73 bits per heavy atom. The number of rotatable bonds is 2. The van der Waals surface area contributed by atoms with Gasteiger partial charge in [-0.2, -0.15) is 0 Å². The highest BCUT2D eigenvalue weighted by Crippen LogP contribution is 2.43. The minimum absolute atomic E-state index is 0.114. The molecule has 3 N–H and O–H groups in total. The summed E-state index contributed by atoms with van der Waals surface area (Å²) in [5, 5.41) is 8.75. The Hall–Kier alpha value is -2.95. The number of halogens is 2. The van der Waals surface area contributed by atoms with Crippen molar-refractivity contribution in [1.82, 2.24) is 0 Å². The Morgan fingerprint density at radius 1 is 1.12 bits per heavy atom. The van der Waals surface area contributed by atoms with Gasteiger partial charge in [-0.3, -0.25) is 0 Å². The molecular weight excluding hydrogens is 334 g/mol. The number of hydrogen-bond acceptors (Lipinski definition) is 3. The molecule has 0 spiro atoms. The number of hydrogen-bond donors (Lipinski definition) is 2. The van der Waals surface area contributed by atoms with Gasteiger partial charge in [-0.05, 0) is 29.8 Å². The van der Waals surface area contributed by atoms with E-state index >= 15 is 0 Å². The molecule has 2 aromatic rings. The maximum Gasteiger partial charge on any atom is 0.130 e. The number of nitrogens with two attached hydrogens (primary N) is 1. The second-order valence-electron chi connectivity index (χ2n) is 6.61. The lowest BCUT2D eigenvalue weighted by molar-refractivity contribution is 0.160. The van der Waals surface area contributed by atoms with Gasteiger partial charge < -0.3 is 15.9 Å². The summed E-state index contributed by atoms with van der Waals surface area (Å²) >= 11 is 0. The number of nitrogen functional groups attached to an aromatic ring is 1. The van der Waals surface area contributed by atoms with E-state index in [4.69, 9.17) is 15.9 Å². The molecule has 1 fully saturated rings. The summed E-state index contributed by atoms with van der Waals surface area (Å²) < 4.78 is 33.4. The number of benzene rings is 2. The van der Waals surface area contributed by atoms with Gasteiger partial charge in [-0.1, -0.05) is 30.4 Å². The average Bonchev–Trinajstić information content (AvgIpc) is 2.62. The molecule has 1 aliphatic carbocycles. The van der Waals surface area contributed by atoms with Crippen LogP contribution in [-0.2, 0) is 4.74 Å². The molecule has 2 aliphatic rings. The molecule has 2 aromatic carbocycles. The van der Waals surface area contributed by atoms with Crippen LogP contribution in [-0.4, -0.2) is 12.3 Å². The smallest absolute Gasteiger partial charge is 0.130 e. The molecule has 3 atom stereocenters. The molecule has 1 saturated heterocycles. The van der Waals surface area contributed by atoms with Crippen molar-refractivity contribution in [3.05, 3.63) is 89.2 Å². The van der Waals surface area contributed by atoms with E-state index in [-0.39, 0.29) is 24.0 Å². The average molecular weight is 352 g/mol. The normalized spacial score (nSPS) is 24.6. The van der Waals surface area contributed by atoms with E-state index < -0.39 is 17.6 Å². The molecule has 4 rings (SSSR count). The Morgan fingerprint density at radius 2 is 1.96 bits per heavy atom. The highest BCUT2D eigenvalue weighted by atomic mass is 19.1. The van der Waals surface area contributed by atoms with E-state index in [1.165, 1.54) is 12.1 Å². The maximum absolute atomic E-state index is 14.3. The van der Waals surface area contributed by atoms with Gasteiger partial charge in [-0.15, -0.1) is 0 Å². The predicted molar refractivity (Wildman–Crippen MR) is 97.1 cm³/mol. The molecule has 26 heavy (non-hydrogen) atoms. The van der Waals surface area contributed by atoms with Crippen LogP contribution in [0.4, 0.5) is 14.5 Å². The van der Waals surface area contributed by atoms with Gasteiger partial charge in [0.15, 0.2) is 0 Å². The summed E-state index contributed by atoms with van der Waals surface area (Å²) in [6.45, 7) is 0.168. The third-order valence-corrected chi connectivity index (χ3v) is 5.01. The molecule has 5 heteroatoms. The summed E-state index contributed by atoms with van der Waals surface area (Å²) in [6, 6.07) is 11.0. The molecule has 1 heterocycles. The third kappa shape index (κ3) is 2.79. The van der Waals surface area contributed by atoms with Crippen molar-refractivity contribution >= 4 is 11.4 Å². The standard InChI is InChI=1S/C21H18F2N2O/c22-13-7-8-16(18(23)10-13)17-11-26-19-6-2-5-15(20(19)21(17)25)12-3-1-4-14(24)9-12/h1-10,15,17,20,25H,11,24H2. The second kappa shape index (κ2) is 6.41. The molecule has 0 amide bonds. The first-order chi connectivity index (χ1) is 12.5. The Kier molecular flexibility index (Phi) is 4.07. The monoisotopic (exact) mass is 352 g/mol. The summed E-state index contributed by atoms with van der Waals surface area (Å²) in [6.07, 6.45) is 5.76. The van der Waals surface area contributed by atoms with E-state index in [9.17, 15) is 8.78 Å². The number of ether oxygens (including phenoxy) is 1. The van der Waals surface area contributed by atoms with E-state index in [0.717, 1.165) is 11.6 Å². The maximum atomic E-state index is 14.3. The van der Waals surface area contributed by atoms with Gasteiger partial charge in [0.2, 0.25) is 0 Å². The predicted octanol–water partition coefficient (Wildman–Crippen LogP) is 4.53. The lowest BCUT2D eigenvalue weighted by atomic mass is 9.73. The zero-order chi connectivity index (χ0) is 18.3. The molecule has 3 unspecified atom stereocenters. The number of fused-ring (bicyclic) bond motifs is 1. The topological polar surface area (TPSA) is 59.1 Å². The van der Waals surface area contributed by atoms with Crippen molar-refractivity contribution < 1.29 is 13.5 Å². The Labute approximate surface area is 150 Å². The Balaban J connectivity index is 1.72. The minimum Gasteiger partial charge on any atom is -0.496 e. The zero-order valence-corrected chi connectivity index (χ0v) is 14.0. The largest absolute Gasteiger partial charge is 0.496 e. The van der Waals surface area contributed by atoms with Gasteiger partial charge in [0.05, 0.1) is 18.4 Å². The van der Waals surface area contributed by atoms with Crippen LogP contribution in [0.3, 0.4) is 0 Å². The highest BCUT2D eigenvalue weighted by molar-refractivity contribution is 5.94. The van der Waals surface area contributed by atoms with Gasteiger partial charge in [0, 0.05) is 28.9 Å². The first-order valence-corrected chi connectivity index (χ1v) is 8.44. The molecule has 0 radical (unpaired) electrons. The van der Waals surface area contributed by atoms with Crippen LogP contribution < -0.4 is 5.73 Å². The van der Waals surface area contributed by atoms with Crippen molar-refractivity contribution in [2.45, 2.75) is 11.8 Å². The van der Waals surface area contributed by atoms with Gasteiger partial charge in [0.25, 0.3) is 0 Å². The van der Waals surface area contributed by atoms with Crippen molar-refractivity contribution in [2.75, 3.05) is 12.3 Å². The van der Waals surface area contributed by atoms with Gasteiger partial charge in [0.1, 0.15) is 17.4 Å². The fraction of sp³-hybridized carbons (Fsp3) is 0.190. The van der Waals surface area contributed by atoms with Crippen LogP contribution in [0, 0.1) is 23.0 Å². The summed E-state index contributed by atoms with van der Waals surface area (Å²) in [4.78, 5) is 0. The van der Waals surface area contributed by atoms with Crippen LogP contribution in [0.25, 0.3) is 0 Å². The molecular formula is C21H18F2N2O. The quantitative estimate of drug-likeness (QED) is 0.780. The molecule has 1 aliphatic heterocycles. The molecule has 3 nitrogen and oxygen atoms in total. The van der Waals surface area contributed by atoms with E-state index in [2.05, 4.69) is 0 Å². The van der Waals surface area contributed by atoms with Gasteiger partial charge in [-0.25, -0.2) is 8.78 Å².